The van der Waals surface area contributed by atoms with Gasteiger partial charge in [0.15, 0.2) is 0 Å². The molecule has 0 heterocycles. The van der Waals surface area contributed by atoms with Crippen molar-refractivity contribution in [2.75, 3.05) is 19.7 Å². The van der Waals surface area contributed by atoms with Crippen LogP contribution in [0.4, 0.5) is 0 Å². The normalized spacial score (nSPS) is 25.7. The molecule has 4 nitrogen and oxygen atoms in total. The Morgan fingerprint density at radius 1 is 1.39 bits per heavy atom. The predicted octanol–water partition coefficient (Wildman–Crippen LogP) is 1.68. The van der Waals surface area contributed by atoms with Crippen LogP contribution in [0.1, 0.15) is 46.0 Å². The maximum Gasteiger partial charge on any atom is 0.248 e. The van der Waals surface area contributed by atoms with E-state index in [0.717, 1.165) is 19.5 Å². The molecule has 0 aliphatic heterocycles. The number of amides is 1. The van der Waals surface area contributed by atoms with E-state index in [9.17, 15) is 4.79 Å². The second kappa shape index (κ2) is 8.48. The first-order valence-corrected chi connectivity index (χ1v) is 7.28. The van der Waals surface area contributed by atoms with Crippen molar-refractivity contribution in [1.29, 1.82) is 0 Å². The zero-order valence-electron chi connectivity index (χ0n) is 11.8. The van der Waals surface area contributed by atoms with Crippen molar-refractivity contribution >= 4 is 5.91 Å². The molecule has 0 saturated heterocycles. The third kappa shape index (κ3) is 4.94. The average molecular weight is 256 g/mol. The zero-order valence-corrected chi connectivity index (χ0v) is 11.8. The van der Waals surface area contributed by atoms with Gasteiger partial charge in [-0.2, -0.15) is 0 Å². The number of ether oxygens (including phenoxy) is 1. The molecule has 0 spiro atoms. The van der Waals surface area contributed by atoms with Crippen molar-refractivity contribution in [3.05, 3.63) is 0 Å². The van der Waals surface area contributed by atoms with E-state index in [0.29, 0.717) is 18.4 Å². The van der Waals surface area contributed by atoms with E-state index in [1.54, 1.807) is 0 Å². The van der Waals surface area contributed by atoms with Crippen LogP contribution in [0.3, 0.4) is 0 Å². The standard InChI is InChI=1S/C14H28N2O2/c1-3-8-16-14(17)11(2)18-10-13-7-5-4-6-12(13)9-15/h11-13H,3-10,15H2,1-2H3,(H,16,17). The van der Waals surface area contributed by atoms with Crippen LogP contribution in [0, 0.1) is 11.8 Å². The molecule has 0 aromatic rings. The molecule has 0 radical (unpaired) electrons. The lowest BCUT2D eigenvalue weighted by Crippen LogP contribution is -2.37. The molecule has 18 heavy (non-hydrogen) atoms. The fourth-order valence-corrected chi connectivity index (χ4v) is 2.55. The van der Waals surface area contributed by atoms with Crippen molar-refractivity contribution in [3.8, 4) is 0 Å². The van der Waals surface area contributed by atoms with E-state index in [2.05, 4.69) is 5.32 Å². The second-order valence-corrected chi connectivity index (χ2v) is 5.31. The average Bonchev–Trinajstić information content (AvgIpc) is 2.42. The lowest BCUT2D eigenvalue weighted by atomic mass is 9.80. The quantitative estimate of drug-likeness (QED) is 0.728. The summed E-state index contributed by atoms with van der Waals surface area (Å²) in [6, 6.07) is 0. The summed E-state index contributed by atoms with van der Waals surface area (Å²) in [5.41, 5.74) is 5.79. The van der Waals surface area contributed by atoms with E-state index < -0.39 is 0 Å². The molecule has 0 aromatic carbocycles. The Balaban J connectivity index is 2.27. The fourth-order valence-electron chi connectivity index (χ4n) is 2.55. The van der Waals surface area contributed by atoms with Crippen molar-refractivity contribution < 1.29 is 9.53 Å². The smallest absolute Gasteiger partial charge is 0.248 e. The number of hydrogen-bond acceptors (Lipinski definition) is 3. The third-order valence-electron chi connectivity index (χ3n) is 3.85. The molecule has 1 amide bonds. The van der Waals surface area contributed by atoms with Gasteiger partial charge in [-0.25, -0.2) is 0 Å². The molecule has 1 saturated carbocycles. The number of carbonyl (C=O) groups is 1. The van der Waals surface area contributed by atoms with E-state index in [4.69, 9.17) is 10.5 Å². The SMILES string of the molecule is CCCNC(=O)C(C)OCC1CCCCC1CN. The van der Waals surface area contributed by atoms with E-state index in [-0.39, 0.29) is 12.0 Å². The van der Waals surface area contributed by atoms with Gasteiger partial charge in [0.2, 0.25) is 5.91 Å². The van der Waals surface area contributed by atoms with Gasteiger partial charge < -0.3 is 15.8 Å². The first-order chi connectivity index (χ1) is 8.69. The summed E-state index contributed by atoms with van der Waals surface area (Å²) in [6.45, 7) is 6.00. The number of nitrogens with one attached hydrogen (secondary N) is 1. The van der Waals surface area contributed by atoms with Crippen LogP contribution in [0.25, 0.3) is 0 Å². The van der Waals surface area contributed by atoms with Gasteiger partial charge in [0, 0.05) is 6.54 Å². The lowest BCUT2D eigenvalue weighted by Gasteiger charge is -2.31. The summed E-state index contributed by atoms with van der Waals surface area (Å²) in [6.07, 6.45) is 5.55. The molecule has 0 aromatic heterocycles. The fraction of sp³-hybridized carbons (Fsp3) is 0.929. The molecule has 0 bridgehead atoms. The molecule has 1 fully saturated rings. The van der Waals surface area contributed by atoms with E-state index in [1.165, 1.54) is 25.7 Å². The molecule has 3 unspecified atom stereocenters. The first kappa shape index (κ1) is 15.4. The summed E-state index contributed by atoms with van der Waals surface area (Å²) in [4.78, 5) is 11.7. The van der Waals surface area contributed by atoms with Gasteiger partial charge in [0.05, 0.1) is 6.61 Å². The lowest BCUT2D eigenvalue weighted by molar-refractivity contribution is -0.133. The minimum Gasteiger partial charge on any atom is -0.368 e. The zero-order chi connectivity index (χ0) is 13.4. The Bertz CT molecular complexity index is 246. The molecular formula is C14H28N2O2. The molecular weight excluding hydrogens is 228 g/mol. The van der Waals surface area contributed by atoms with Crippen LogP contribution in [0.5, 0.6) is 0 Å². The van der Waals surface area contributed by atoms with Gasteiger partial charge in [-0.05, 0) is 44.6 Å². The number of rotatable bonds is 7. The first-order valence-electron chi connectivity index (χ1n) is 7.28. The Kier molecular flexibility index (Phi) is 7.28. The van der Waals surface area contributed by atoms with Crippen LogP contribution in [-0.4, -0.2) is 31.7 Å². The summed E-state index contributed by atoms with van der Waals surface area (Å²) in [7, 11) is 0. The van der Waals surface area contributed by atoms with Gasteiger partial charge in [0.25, 0.3) is 0 Å². The molecule has 106 valence electrons. The molecule has 1 aliphatic carbocycles. The van der Waals surface area contributed by atoms with Crippen molar-refractivity contribution in [2.24, 2.45) is 17.6 Å². The minimum absolute atomic E-state index is 0.00282. The molecule has 3 atom stereocenters. The summed E-state index contributed by atoms with van der Waals surface area (Å²) >= 11 is 0. The minimum atomic E-state index is -0.350. The highest BCUT2D eigenvalue weighted by molar-refractivity contribution is 5.80. The van der Waals surface area contributed by atoms with Crippen LogP contribution in [0.2, 0.25) is 0 Å². The van der Waals surface area contributed by atoms with Crippen molar-refractivity contribution in [2.45, 2.75) is 52.1 Å². The van der Waals surface area contributed by atoms with Crippen molar-refractivity contribution in [1.82, 2.24) is 5.32 Å². The van der Waals surface area contributed by atoms with Crippen LogP contribution < -0.4 is 11.1 Å². The Morgan fingerprint density at radius 2 is 2.06 bits per heavy atom. The third-order valence-corrected chi connectivity index (χ3v) is 3.85. The molecule has 3 N–H and O–H groups in total. The largest absolute Gasteiger partial charge is 0.368 e. The molecule has 1 rings (SSSR count). The van der Waals surface area contributed by atoms with Gasteiger partial charge >= 0.3 is 0 Å². The predicted molar refractivity (Wildman–Crippen MR) is 73.2 cm³/mol. The number of hydrogen-bond donors (Lipinski definition) is 2. The monoisotopic (exact) mass is 256 g/mol. The number of carbonyl (C=O) groups excluding carboxylic acids is 1. The van der Waals surface area contributed by atoms with E-state index in [1.807, 2.05) is 13.8 Å². The highest BCUT2D eigenvalue weighted by atomic mass is 16.5. The maximum atomic E-state index is 11.7. The second-order valence-electron chi connectivity index (χ2n) is 5.31. The van der Waals surface area contributed by atoms with Crippen LogP contribution >= 0.6 is 0 Å². The van der Waals surface area contributed by atoms with Gasteiger partial charge in [0.1, 0.15) is 6.10 Å². The Morgan fingerprint density at radius 3 is 2.67 bits per heavy atom. The Labute approximate surface area is 111 Å². The topological polar surface area (TPSA) is 64.3 Å². The van der Waals surface area contributed by atoms with Crippen molar-refractivity contribution in [3.63, 3.8) is 0 Å². The maximum absolute atomic E-state index is 11.7. The summed E-state index contributed by atoms with van der Waals surface area (Å²) in [5.74, 6) is 1.10. The van der Waals surface area contributed by atoms with Crippen LogP contribution in [-0.2, 0) is 9.53 Å². The summed E-state index contributed by atoms with van der Waals surface area (Å²) in [5, 5.41) is 2.86. The van der Waals surface area contributed by atoms with Crippen LogP contribution in [0.15, 0.2) is 0 Å². The summed E-state index contributed by atoms with van der Waals surface area (Å²) < 4.78 is 5.70. The highest BCUT2D eigenvalue weighted by Gasteiger charge is 2.25. The Hall–Kier alpha value is -0.610. The molecule has 1 aliphatic rings. The number of nitrogens with two attached hydrogens (primary N) is 1. The molecule has 4 heteroatoms. The van der Waals surface area contributed by atoms with Gasteiger partial charge in [-0.3, -0.25) is 4.79 Å². The van der Waals surface area contributed by atoms with Gasteiger partial charge in [-0.15, -0.1) is 0 Å². The highest BCUT2D eigenvalue weighted by Crippen LogP contribution is 2.29. The van der Waals surface area contributed by atoms with E-state index >= 15 is 0 Å². The van der Waals surface area contributed by atoms with Gasteiger partial charge in [-0.1, -0.05) is 19.8 Å².